The van der Waals surface area contributed by atoms with Crippen molar-refractivity contribution >= 4 is 22.8 Å². The van der Waals surface area contributed by atoms with Crippen molar-refractivity contribution in [3.8, 4) is 0 Å². The first-order valence-corrected chi connectivity index (χ1v) is 7.68. The molecule has 0 spiro atoms. The number of halogens is 1. The summed E-state index contributed by atoms with van der Waals surface area (Å²) in [6, 6.07) is 6.16. The van der Waals surface area contributed by atoms with Gasteiger partial charge in [0.15, 0.2) is 5.65 Å². The van der Waals surface area contributed by atoms with Gasteiger partial charge in [-0.2, -0.15) is 15.1 Å². The van der Waals surface area contributed by atoms with E-state index in [4.69, 9.17) is 5.73 Å². The number of hydrogen-bond acceptors (Lipinski definition) is 6. The fraction of sp³-hybridized carbons (Fsp3) is 0.312. The van der Waals surface area contributed by atoms with E-state index in [1.54, 1.807) is 24.0 Å². The second-order valence-electron chi connectivity index (χ2n) is 6.03. The number of aryl methyl sites for hydroxylation is 1. The zero-order valence-electron chi connectivity index (χ0n) is 13.1. The Labute approximate surface area is 137 Å². The molecule has 8 heteroatoms. The third kappa shape index (κ3) is 2.35. The van der Waals surface area contributed by atoms with Crippen LogP contribution in [0.25, 0.3) is 11.0 Å². The molecule has 124 valence electrons. The molecule has 3 N–H and O–H groups in total. The summed E-state index contributed by atoms with van der Waals surface area (Å²) in [5.74, 6) is 0.438. The van der Waals surface area contributed by atoms with E-state index in [0.717, 1.165) is 5.56 Å². The van der Waals surface area contributed by atoms with Gasteiger partial charge in [0.05, 0.1) is 23.7 Å². The molecule has 2 aromatic heterocycles. The fourth-order valence-corrected chi connectivity index (χ4v) is 3.23. The molecule has 1 saturated heterocycles. The highest BCUT2D eigenvalue weighted by Gasteiger charge is 2.34. The summed E-state index contributed by atoms with van der Waals surface area (Å²) >= 11 is 0. The van der Waals surface area contributed by atoms with Gasteiger partial charge < -0.3 is 15.7 Å². The number of nitrogens with zero attached hydrogens (tertiary/aromatic N) is 5. The predicted octanol–water partition coefficient (Wildman–Crippen LogP) is 1.40. The number of nitrogens with two attached hydrogens (primary N) is 1. The number of nitrogen functional groups attached to an aromatic ring is 1. The standard InChI is InChI=1S/C16H17FN6O/c1-22-15-12(7-19-22)14(18)20-16(21-15)23-8-11(24)6-13(23)9-3-2-4-10(17)5-9/h2-5,7,11,13,24H,6,8H2,1H3,(H2,18,20,21). The average molecular weight is 328 g/mol. The number of benzene rings is 1. The second-order valence-corrected chi connectivity index (χ2v) is 6.03. The van der Waals surface area contributed by atoms with Gasteiger partial charge >= 0.3 is 0 Å². The summed E-state index contributed by atoms with van der Waals surface area (Å²) in [5, 5.41) is 14.9. The number of hydrogen-bond donors (Lipinski definition) is 2. The maximum Gasteiger partial charge on any atom is 0.229 e. The van der Waals surface area contributed by atoms with Gasteiger partial charge in [0, 0.05) is 13.6 Å². The van der Waals surface area contributed by atoms with Crippen LogP contribution in [0.5, 0.6) is 0 Å². The van der Waals surface area contributed by atoms with Gasteiger partial charge in [-0.25, -0.2) is 4.39 Å². The highest BCUT2D eigenvalue weighted by atomic mass is 19.1. The predicted molar refractivity (Wildman–Crippen MR) is 87.8 cm³/mol. The Morgan fingerprint density at radius 2 is 2.17 bits per heavy atom. The number of β-amino-alcohol motifs (C(OH)–C–C–N with tert-alkyl or cyclic N) is 1. The molecule has 0 aliphatic carbocycles. The number of aromatic nitrogens is 4. The Kier molecular flexibility index (Phi) is 3.34. The Bertz CT molecular complexity index is 911. The molecule has 1 aliphatic heterocycles. The van der Waals surface area contributed by atoms with Gasteiger partial charge in [-0.15, -0.1) is 0 Å². The van der Waals surface area contributed by atoms with Crippen molar-refractivity contribution in [3.63, 3.8) is 0 Å². The van der Waals surface area contributed by atoms with Crippen molar-refractivity contribution in [2.45, 2.75) is 18.6 Å². The maximum absolute atomic E-state index is 13.6. The minimum Gasteiger partial charge on any atom is -0.391 e. The summed E-state index contributed by atoms with van der Waals surface area (Å²) in [6.45, 7) is 0.365. The quantitative estimate of drug-likeness (QED) is 0.738. The number of rotatable bonds is 2. The molecule has 2 unspecified atom stereocenters. The van der Waals surface area contributed by atoms with E-state index >= 15 is 0 Å². The normalized spacial score (nSPS) is 20.9. The van der Waals surface area contributed by atoms with Crippen molar-refractivity contribution in [1.29, 1.82) is 0 Å². The van der Waals surface area contributed by atoms with Crippen molar-refractivity contribution in [2.75, 3.05) is 17.2 Å². The van der Waals surface area contributed by atoms with Crippen LogP contribution in [0, 0.1) is 5.82 Å². The highest BCUT2D eigenvalue weighted by molar-refractivity contribution is 5.86. The minimum absolute atomic E-state index is 0.208. The lowest BCUT2D eigenvalue weighted by Gasteiger charge is -2.25. The maximum atomic E-state index is 13.6. The molecule has 24 heavy (non-hydrogen) atoms. The summed E-state index contributed by atoms with van der Waals surface area (Å²) in [5.41, 5.74) is 7.43. The smallest absolute Gasteiger partial charge is 0.229 e. The van der Waals surface area contributed by atoms with Gasteiger partial charge in [-0.3, -0.25) is 4.68 Å². The Hall–Kier alpha value is -2.74. The molecule has 1 fully saturated rings. The van der Waals surface area contributed by atoms with Crippen LogP contribution in [0.3, 0.4) is 0 Å². The molecular formula is C16H17FN6O. The molecule has 2 atom stereocenters. The molecule has 7 nitrogen and oxygen atoms in total. The lowest BCUT2D eigenvalue weighted by Crippen LogP contribution is -2.26. The lowest BCUT2D eigenvalue weighted by atomic mass is 10.0. The third-order valence-electron chi connectivity index (χ3n) is 4.38. The molecule has 1 aliphatic rings. The van der Waals surface area contributed by atoms with Gasteiger partial charge in [-0.05, 0) is 24.1 Å². The summed E-state index contributed by atoms with van der Waals surface area (Å²) in [4.78, 5) is 10.8. The number of aliphatic hydroxyl groups excluding tert-OH is 1. The Balaban J connectivity index is 1.80. The van der Waals surface area contributed by atoms with Crippen LogP contribution < -0.4 is 10.6 Å². The van der Waals surface area contributed by atoms with E-state index in [-0.39, 0.29) is 11.9 Å². The molecule has 4 rings (SSSR count). The van der Waals surface area contributed by atoms with Crippen LogP contribution in [0.4, 0.5) is 16.2 Å². The van der Waals surface area contributed by atoms with Crippen LogP contribution in [0.2, 0.25) is 0 Å². The largest absolute Gasteiger partial charge is 0.391 e. The highest BCUT2D eigenvalue weighted by Crippen LogP contribution is 2.36. The monoisotopic (exact) mass is 328 g/mol. The van der Waals surface area contributed by atoms with Crippen molar-refractivity contribution in [2.24, 2.45) is 7.05 Å². The topological polar surface area (TPSA) is 93.1 Å². The molecule has 0 saturated carbocycles. The zero-order valence-corrected chi connectivity index (χ0v) is 13.1. The number of anilines is 2. The summed E-state index contributed by atoms with van der Waals surface area (Å²) in [7, 11) is 1.78. The molecule has 3 heterocycles. The van der Waals surface area contributed by atoms with E-state index in [1.807, 2.05) is 11.0 Å². The van der Waals surface area contributed by atoms with Crippen molar-refractivity contribution < 1.29 is 9.50 Å². The van der Waals surface area contributed by atoms with E-state index < -0.39 is 6.10 Å². The van der Waals surface area contributed by atoms with Crippen LogP contribution in [0.15, 0.2) is 30.5 Å². The van der Waals surface area contributed by atoms with E-state index in [2.05, 4.69) is 15.1 Å². The first-order chi connectivity index (χ1) is 11.5. The van der Waals surface area contributed by atoms with Crippen LogP contribution in [-0.2, 0) is 7.05 Å². The van der Waals surface area contributed by atoms with E-state index in [0.29, 0.717) is 35.8 Å². The molecule has 0 amide bonds. The van der Waals surface area contributed by atoms with Gasteiger partial charge in [0.25, 0.3) is 0 Å². The van der Waals surface area contributed by atoms with E-state index in [1.165, 1.54) is 12.1 Å². The summed E-state index contributed by atoms with van der Waals surface area (Å²) in [6.07, 6.45) is 1.57. The fourth-order valence-electron chi connectivity index (χ4n) is 3.23. The van der Waals surface area contributed by atoms with Gasteiger partial charge in [0.1, 0.15) is 11.6 Å². The first-order valence-electron chi connectivity index (χ1n) is 7.68. The van der Waals surface area contributed by atoms with Crippen molar-refractivity contribution in [3.05, 3.63) is 41.8 Å². The lowest BCUT2D eigenvalue weighted by molar-refractivity contribution is 0.194. The molecule has 3 aromatic rings. The Morgan fingerprint density at radius 3 is 2.96 bits per heavy atom. The van der Waals surface area contributed by atoms with Crippen LogP contribution in [0.1, 0.15) is 18.0 Å². The molecular weight excluding hydrogens is 311 g/mol. The number of aliphatic hydroxyl groups is 1. The first kappa shape index (κ1) is 14.8. The second kappa shape index (κ2) is 5.41. The zero-order chi connectivity index (χ0) is 16.8. The number of fused-ring (bicyclic) bond motifs is 1. The SMILES string of the molecule is Cn1ncc2c(N)nc(N3CC(O)CC3c3cccc(F)c3)nc21. The average Bonchev–Trinajstić information content (AvgIpc) is 3.11. The van der Waals surface area contributed by atoms with Crippen molar-refractivity contribution in [1.82, 2.24) is 19.7 Å². The van der Waals surface area contributed by atoms with E-state index in [9.17, 15) is 9.50 Å². The van der Waals surface area contributed by atoms with Gasteiger partial charge in [-0.1, -0.05) is 12.1 Å². The molecule has 0 bridgehead atoms. The van der Waals surface area contributed by atoms with Gasteiger partial charge in [0.2, 0.25) is 5.95 Å². The van der Waals surface area contributed by atoms with Crippen LogP contribution in [-0.4, -0.2) is 37.5 Å². The molecule has 0 radical (unpaired) electrons. The molecule has 1 aromatic carbocycles. The Morgan fingerprint density at radius 1 is 1.33 bits per heavy atom. The minimum atomic E-state index is -0.537. The van der Waals surface area contributed by atoms with Crippen LogP contribution >= 0.6 is 0 Å². The third-order valence-corrected chi connectivity index (χ3v) is 4.38. The summed E-state index contributed by atoms with van der Waals surface area (Å²) < 4.78 is 15.2.